The van der Waals surface area contributed by atoms with Crippen molar-refractivity contribution in [2.24, 2.45) is 0 Å². The molecule has 2 aliphatic rings. The highest BCUT2D eigenvalue weighted by atomic mass is 35.5. The van der Waals surface area contributed by atoms with Gasteiger partial charge in [0.25, 0.3) is 0 Å². The maximum absolute atomic E-state index is 11.9. The van der Waals surface area contributed by atoms with E-state index in [0.29, 0.717) is 0 Å². The van der Waals surface area contributed by atoms with Crippen LogP contribution in [0, 0.1) is 6.92 Å². The third kappa shape index (κ3) is 4.45. The number of fused-ring (bicyclic) bond motifs is 1. The molecule has 1 atom stereocenters. The van der Waals surface area contributed by atoms with Crippen LogP contribution in [0.3, 0.4) is 0 Å². The number of aryl methyl sites for hydroxylation is 1. The molecule has 5 heteroatoms. The van der Waals surface area contributed by atoms with E-state index in [-0.39, 0.29) is 24.5 Å². The molecule has 1 unspecified atom stereocenters. The van der Waals surface area contributed by atoms with Gasteiger partial charge in [0.1, 0.15) is 6.10 Å². The SMILES string of the molecule is Cc1cccc(N2CCN(CCCC3OC(=O)c4ccccc43)CC2)c1.Cl. The molecule has 0 radical (unpaired) electrons. The van der Waals surface area contributed by atoms with Crippen molar-refractivity contribution >= 4 is 24.1 Å². The van der Waals surface area contributed by atoms with Crippen LogP contribution in [-0.2, 0) is 4.74 Å². The Labute approximate surface area is 167 Å². The zero-order valence-corrected chi connectivity index (χ0v) is 16.6. The van der Waals surface area contributed by atoms with Crippen molar-refractivity contribution < 1.29 is 9.53 Å². The van der Waals surface area contributed by atoms with Crippen LogP contribution in [-0.4, -0.2) is 43.6 Å². The minimum atomic E-state index is -0.169. The second-order valence-corrected chi connectivity index (χ2v) is 7.29. The molecule has 0 aromatic heterocycles. The summed E-state index contributed by atoms with van der Waals surface area (Å²) in [6.07, 6.45) is 1.89. The molecule has 144 valence electrons. The van der Waals surface area contributed by atoms with Crippen molar-refractivity contribution in [3.8, 4) is 0 Å². The summed E-state index contributed by atoms with van der Waals surface area (Å²) in [7, 11) is 0. The number of nitrogens with zero attached hydrogens (tertiary/aromatic N) is 2. The van der Waals surface area contributed by atoms with Crippen LogP contribution >= 0.6 is 12.4 Å². The standard InChI is InChI=1S/C22H26N2O2.ClH/c1-17-6-4-7-18(16-17)24-14-12-23(13-15-24)11-5-10-21-19-8-2-3-9-20(19)22(25)26-21;/h2-4,6-9,16,21H,5,10-15H2,1H3;1H. The number of cyclic esters (lactones) is 1. The van der Waals surface area contributed by atoms with Crippen molar-refractivity contribution in [3.05, 3.63) is 65.2 Å². The quantitative estimate of drug-likeness (QED) is 0.720. The maximum Gasteiger partial charge on any atom is 0.339 e. The predicted octanol–water partition coefficient (Wildman–Crippen LogP) is 4.23. The van der Waals surface area contributed by atoms with Crippen LogP contribution in [0.25, 0.3) is 0 Å². The average molecular weight is 387 g/mol. The van der Waals surface area contributed by atoms with Crippen LogP contribution in [0.2, 0.25) is 0 Å². The Balaban J connectivity index is 0.00000210. The predicted molar refractivity (Wildman–Crippen MR) is 111 cm³/mol. The minimum Gasteiger partial charge on any atom is -0.454 e. The Kier molecular flexibility index (Phi) is 6.40. The van der Waals surface area contributed by atoms with E-state index in [4.69, 9.17) is 4.74 Å². The lowest BCUT2D eigenvalue weighted by Crippen LogP contribution is -2.46. The summed E-state index contributed by atoms with van der Waals surface area (Å²) < 4.78 is 5.54. The number of rotatable bonds is 5. The summed E-state index contributed by atoms with van der Waals surface area (Å²) in [5.41, 5.74) is 4.45. The highest BCUT2D eigenvalue weighted by molar-refractivity contribution is 5.93. The fourth-order valence-electron chi connectivity index (χ4n) is 3.99. The van der Waals surface area contributed by atoms with E-state index >= 15 is 0 Å². The van der Waals surface area contributed by atoms with Crippen molar-refractivity contribution in [3.63, 3.8) is 0 Å². The molecular formula is C22H27ClN2O2. The molecule has 2 aliphatic heterocycles. The zero-order chi connectivity index (χ0) is 17.9. The number of benzene rings is 2. The summed E-state index contributed by atoms with van der Waals surface area (Å²) >= 11 is 0. The first-order valence-electron chi connectivity index (χ1n) is 9.54. The molecule has 27 heavy (non-hydrogen) atoms. The number of ether oxygens (including phenoxy) is 1. The third-order valence-electron chi connectivity index (χ3n) is 5.46. The molecule has 0 spiro atoms. The summed E-state index contributed by atoms with van der Waals surface area (Å²) in [6.45, 7) is 7.55. The molecule has 0 N–H and O–H groups in total. The number of piperazine rings is 1. The maximum atomic E-state index is 11.9. The highest BCUT2D eigenvalue weighted by Crippen LogP contribution is 2.33. The van der Waals surface area contributed by atoms with Gasteiger partial charge in [-0.05, 0) is 50.1 Å². The van der Waals surface area contributed by atoms with E-state index in [1.54, 1.807) is 0 Å². The number of halogens is 1. The van der Waals surface area contributed by atoms with Gasteiger partial charge in [0.2, 0.25) is 0 Å². The third-order valence-corrected chi connectivity index (χ3v) is 5.46. The Bertz CT molecular complexity index is 787. The molecular weight excluding hydrogens is 360 g/mol. The second-order valence-electron chi connectivity index (χ2n) is 7.29. The first kappa shape index (κ1) is 19.7. The number of carbonyl (C=O) groups is 1. The Morgan fingerprint density at radius 1 is 1.04 bits per heavy atom. The Morgan fingerprint density at radius 2 is 1.81 bits per heavy atom. The summed E-state index contributed by atoms with van der Waals surface area (Å²) in [5.74, 6) is -0.169. The number of hydrogen-bond donors (Lipinski definition) is 0. The second kappa shape index (κ2) is 8.77. The highest BCUT2D eigenvalue weighted by Gasteiger charge is 2.30. The van der Waals surface area contributed by atoms with Gasteiger partial charge in [-0.25, -0.2) is 4.79 Å². The summed E-state index contributed by atoms with van der Waals surface area (Å²) in [5, 5.41) is 0. The fraction of sp³-hybridized carbons (Fsp3) is 0.409. The van der Waals surface area contributed by atoms with Crippen LogP contribution in [0.4, 0.5) is 5.69 Å². The smallest absolute Gasteiger partial charge is 0.339 e. The molecule has 0 aliphatic carbocycles. The topological polar surface area (TPSA) is 32.8 Å². The zero-order valence-electron chi connectivity index (χ0n) is 15.8. The van der Waals surface area contributed by atoms with Crippen LogP contribution in [0.1, 0.15) is 40.4 Å². The van der Waals surface area contributed by atoms with Crippen LogP contribution in [0.5, 0.6) is 0 Å². The molecule has 2 heterocycles. The molecule has 4 nitrogen and oxygen atoms in total. The number of carbonyl (C=O) groups excluding carboxylic acids is 1. The van der Waals surface area contributed by atoms with Crippen LogP contribution in [0.15, 0.2) is 48.5 Å². The summed E-state index contributed by atoms with van der Waals surface area (Å²) in [6, 6.07) is 16.5. The van der Waals surface area contributed by atoms with Crippen molar-refractivity contribution in [2.45, 2.75) is 25.9 Å². The number of anilines is 1. The number of hydrogen-bond acceptors (Lipinski definition) is 4. The van der Waals surface area contributed by atoms with E-state index < -0.39 is 0 Å². The van der Waals surface area contributed by atoms with Gasteiger partial charge in [0.15, 0.2) is 0 Å². The lowest BCUT2D eigenvalue weighted by Gasteiger charge is -2.36. The largest absolute Gasteiger partial charge is 0.454 e. The van der Waals surface area contributed by atoms with E-state index in [2.05, 4.69) is 41.0 Å². The normalized spacial score (nSPS) is 19.4. The monoisotopic (exact) mass is 386 g/mol. The first-order valence-corrected chi connectivity index (χ1v) is 9.54. The van der Waals surface area contributed by atoms with Crippen molar-refractivity contribution in [2.75, 3.05) is 37.6 Å². The Morgan fingerprint density at radius 3 is 2.59 bits per heavy atom. The molecule has 0 amide bonds. The molecule has 1 fully saturated rings. The van der Waals surface area contributed by atoms with Gasteiger partial charge in [0.05, 0.1) is 5.56 Å². The first-order chi connectivity index (χ1) is 12.7. The fourth-order valence-corrected chi connectivity index (χ4v) is 3.99. The van der Waals surface area contributed by atoms with E-state index in [1.807, 2.05) is 24.3 Å². The average Bonchev–Trinajstić information content (AvgIpc) is 2.99. The van der Waals surface area contributed by atoms with Gasteiger partial charge >= 0.3 is 5.97 Å². The van der Waals surface area contributed by atoms with Crippen molar-refractivity contribution in [1.82, 2.24) is 4.90 Å². The van der Waals surface area contributed by atoms with Gasteiger partial charge in [-0.3, -0.25) is 4.90 Å². The van der Waals surface area contributed by atoms with Gasteiger partial charge in [0, 0.05) is 37.4 Å². The molecule has 1 saturated heterocycles. The molecule has 0 saturated carbocycles. The molecule has 2 aromatic carbocycles. The molecule has 2 aromatic rings. The van der Waals surface area contributed by atoms with E-state index in [9.17, 15) is 4.79 Å². The van der Waals surface area contributed by atoms with Crippen LogP contribution < -0.4 is 4.90 Å². The van der Waals surface area contributed by atoms with E-state index in [0.717, 1.165) is 56.7 Å². The molecule has 4 rings (SSSR count). The lowest BCUT2D eigenvalue weighted by atomic mass is 10.0. The van der Waals surface area contributed by atoms with E-state index in [1.165, 1.54) is 11.3 Å². The van der Waals surface area contributed by atoms with Gasteiger partial charge in [-0.15, -0.1) is 12.4 Å². The number of esters is 1. The van der Waals surface area contributed by atoms with Gasteiger partial charge in [-0.2, -0.15) is 0 Å². The van der Waals surface area contributed by atoms with Gasteiger partial charge in [-0.1, -0.05) is 30.3 Å². The lowest BCUT2D eigenvalue weighted by molar-refractivity contribution is 0.0358. The Hall–Kier alpha value is -2.04. The van der Waals surface area contributed by atoms with Gasteiger partial charge < -0.3 is 9.64 Å². The molecule has 0 bridgehead atoms. The minimum absolute atomic E-state index is 0. The summed E-state index contributed by atoms with van der Waals surface area (Å²) in [4.78, 5) is 16.9. The van der Waals surface area contributed by atoms with Crippen molar-refractivity contribution in [1.29, 1.82) is 0 Å².